The monoisotopic (exact) mass is 310 g/mol. The summed E-state index contributed by atoms with van der Waals surface area (Å²) in [6.07, 6.45) is 1.55. The molecular formula is C12H11ClN4O2S. The molecule has 0 fully saturated rings. The number of hydrazine groups is 1. The van der Waals surface area contributed by atoms with Gasteiger partial charge < -0.3 is 5.43 Å². The number of halogens is 1. The van der Waals surface area contributed by atoms with Crippen molar-refractivity contribution in [2.24, 2.45) is 5.84 Å². The van der Waals surface area contributed by atoms with Crippen molar-refractivity contribution in [2.45, 2.75) is 10.8 Å². The average molecular weight is 311 g/mol. The third kappa shape index (κ3) is 3.60. The molecule has 0 aliphatic rings. The number of hydrogen-bond donors (Lipinski definition) is 2. The maximum absolute atomic E-state index is 10.8. The fourth-order valence-electron chi connectivity index (χ4n) is 1.55. The van der Waals surface area contributed by atoms with Gasteiger partial charge in [0.05, 0.1) is 20.7 Å². The molecule has 0 aliphatic carbocycles. The van der Waals surface area contributed by atoms with Gasteiger partial charge in [-0.25, -0.2) is 4.98 Å². The Bertz CT molecular complexity index is 621. The highest BCUT2D eigenvalue weighted by Crippen LogP contribution is 2.28. The lowest BCUT2D eigenvalue weighted by molar-refractivity contribution is -0.384. The highest BCUT2D eigenvalue weighted by atomic mass is 35.5. The molecule has 6 nitrogen and oxygen atoms in total. The highest BCUT2D eigenvalue weighted by Gasteiger charge is 2.11. The Balaban J connectivity index is 2.16. The summed E-state index contributed by atoms with van der Waals surface area (Å²) in [5.41, 5.74) is 3.95. The van der Waals surface area contributed by atoms with Gasteiger partial charge >= 0.3 is 0 Å². The Hall–Kier alpha value is -1.83. The smallest absolute Gasteiger partial charge is 0.269 e. The van der Waals surface area contributed by atoms with Crippen LogP contribution in [0.4, 0.5) is 11.4 Å². The molecule has 0 saturated heterocycles. The van der Waals surface area contributed by atoms with Crippen molar-refractivity contribution < 1.29 is 4.92 Å². The van der Waals surface area contributed by atoms with E-state index in [-0.39, 0.29) is 5.69 Å². The van der Waals surface area contributed by atoms with Crippen LogP contribution >= 0.6 is 23.4 Å². The van der Waals surface area contributed by atoms with E-state index in [2.05, 4.69) is 10.4 Å². The molecule has 0 amide bonds. The van der Waals surface area contributed by atoms with Gasteiger partial charge in [-0.1, -0.05) is 11.6 Å². The molecule has 0 saturated carbocycles. The fourth-order valence-corrected chi connectivity index (χ4v) is 2.50. The molecule has 0 bridgehead atoms. The second kappa shape index (κ2) is 6.56. The number of nitrogen functional groups attached to an aromatic ring is 1. The molecule has 1 heterocycles. The lowest BCUT2D eigenvalue weighted by Gasteiger charge is -2.08. The van der Waals surface area contributed by atoms with Gasteiger partial charge in [-0.2, -0.15) is 0 Å². The predicted octanol–water partition coefficient (Wildman–Crippen LogP) is 3.22. The van der Waals surface area contributed by atoms with Crippen LogP contribution in [0, 0.1) is 10.1 Å². The Morgan fingerprint density at radius 3 is 2.80 bits per heavy atom. The number of thioether (sulfide) groups is 1. The summed E-state index contributed by atoms with van der Waals surface area (Å²) in [5.74, 6) is 5.91. The number of nitrogens with two attached hydrogens (primary N) is 1. The molecule has 8 heteroatoms. The number of benzene rings is 1. The maximum atomic E-state index is 10.8. The molecule has 104 valence electrons. The summed E-state index contributed by atoms with van der Waals surface area (Å²) in [6, 6.07) is 8.03. The number of nitro benzene ring substituents is 1. The van der Waals surface area contributed by atoms with E-state index in [0.717, 1.165) is 10.6 Å². The second-order valence-corrected chi connectivity index (χ2v) is 5.28. The van der Waals surface area contributed by atoms with E-state index in [9.17, 15) is 10.1 Å². The fraction of sp³-hybridized carbons (Fsp3) is 0.0833. The quantitative estimate of drug-likeness (QED) is 0.381. The third-order valence-electron chi connectivity index (χ3n) is 2.53. The minimum absolute atomic E-state index is 0.0312. The Labute approximate surface area is 124 Å². The molecule has 2 rings (SSSR count). The molecule has 1 aromatic carbocycles. The van der Waals surface area contributed by atoms with Gasteiger partial charge in [0.25, 0.3) is 5.69 Å². The van der Waals surface area contributed by atoms with Crippen LogP contribution in [0.3, 0.4) is 0 Å². The van der Waals surface area contributed by atoms with Crippen LogP contribution in [-0.4, -0.2) is 9.91 Å². The van der Waals surface area contributed by atoms with E-state index in [1.807, 2.05) is 0 Å². The van der Waals surface area contributed by atoms with E-state index in [1.54, 1.807) is 24.4 Å². The number of rotatable bonds is 5. The summed E-state index contributed by atoms with van der Waals surface area (Å²) in [5, 5.41) is 12.1. The molecule has 2 aromatic rings. The predicted molar refractivity (Wildman–Crippen MR) is 79.7 cm³/mol. The lowest BCUT2D eigenvalue weighted by Crippen LogP contribution is -2.09. The Morgan fingerprint density at radius 2 is 2.20 bits per heavy atom. The second-order valence-electron chi connectivity index (χ2n) is 3.85. The van der Waals surface area contributed by atoms with Crippen molar-refractivity contribution in [3.05, 3.63) is 57.2 Å². The molecule has 3 N–H and O–H groups in total. The van der Waals surface area contributed by atoms with Crippen LogP contribution in [0.15, 0.2) is 41.6 Å². The normalized spacial score (nSPS) is 10.3. The standard InChI is InChI=1S/C12H11ClN4O2S/c13-9-1-4-12(15-6-9)20-7-8-5-10(17(18)19)2-3-11(8)16-14/h1-6,16H,7,14H2. The summed E-state index contributed by atoms with van der Waals surface area (Å²) in [4.78, 5) is 14.5. The molecule has 0 atom stereocenters. The van der Waals surface area contributed by atoms with Gasteiger partial charge in [-0.15, -0.1) is 11.8 Å². The van der Waals surface area contributed by atoms with Crippen LogP contribution in [0.2, 0.25) is 5.02 Å². The third-order valence-corrected chi connectivity index (χ3v) is 3.75. The number of non-ortho nitro benzene ring substituents is 1. The number of nitrogens with one attached hydrogen (secondary N) is 1. The zero-order chi connectivity index (χ0) is 14.5. The first-order valence-corrected chi connectivity index (χ1v) is 6.95. The van der Waals surface area contributed by atoms with Gasteiger partial charge in [0.1, 0.15) is 0 Å². The largest absolute Gasteiger partial charge is 0.324 e. The maximum Gasteiger partial charge on any atom is 0.269 e. The van der Waals surface area contributed by atoms with Crippen molar-refractivity contribution in [3.63, 3.8) is 0 Å². The Kier molecular flexibility index (Phi) is 4.78. The summed E-state index contributed by atoms with van der Waals surface area (Å²) >= 11 is 7.20. The zero-order valence-corrected chi connectivity index (χ0v) is 11.8. The van der Waals surface area contributed by atoms with Crippen molar-refractivity contribution in [1.82, 2.24) is 4.98 Å². The van der Waals surface area contributed by atoms with Crippen LogP contribution in [0.5, 0.6) is 0 Å². The minimum Gasteiger partial charge on any atom is -0.324 e. The first-order valence-electron chi connectivity index (χ1n) is 5.58. The van der Waals surface area contributed by atoms with E-state index >= 15 is 0 Å². The molecule has 1 aromatic heterocycles. The number of hydrogen-bond acceptors (Lipinski definition) is 6. The van der Waals surface area contributed by atoms with Crippen LogP contribution in [-0.2, 0) is 5.75 Å². The molecule has 0 radical (unpaired) electrons. The minimum atomic E-state index is -0.436. The molecule has 0 aliphatic heterocycles. The van der Waals surface area contributed by atoms with Crippen molar-refractivity contribution in [1.29, 1.82) is 0 Å². The molecule has 0 spiro atoms. The van der Waals surface area contributed by atoms with Crippen molar-refractivity contribution in [2.75, 3.05) is 5.43 Å². The number of anilines is 1. The van der Waals surface area contributed by atoms with Crippen molar-refractivity contribution >= 4 is 34.7 Å². The number of aromatic nitrogens is 1. The van der Waals surface area contributed by atoms with E-state index in [0.29, 0.717) is 16.5 Å². The first kappa shape index (κ1) is 14.6. The average Bonchev–Trinajstić information content (AvgIpc) is 2.46. The van der Waals surface area contributed by atoms with Gasteiger partial charge in [-0.05, 0) is 23.8 Å². The number of nitrogens with zero attached hydrogens (tertiary/aromatic N) is 2. The van der Waals surface area contributed by atoms with E-state index < -0.39 is 4.92 Å². The number of nitro groups is 1. The first-order chi connectivity index (χ1) is 9.60. The molecular weight excluding hydrogens is 300 g/mol. The van der Waals surface area contributed by atoms with Crippen LogP contribution in [0.1, 0.15) is 5.56 Å². The van der Waals surface area contributed by atoms with Crippen molar-refractivity contribution in [3.8, 4) is 0 Å². The topological polar surface area (TPSA) is 94.1 Å². The highest BCUT2D eigenvalue weighted by molar-refractivity contribution is 7.98. The van der Waals surface area contributed by atoms with E-state index in [4.69, 9.17) is 17.4 Å². The molecule has 0 unspecified atom stereocenters. The SMILES string of the molecule is NNc1ccc([N+](=O)[O-])cc1CSc1ccc(Cl)cn1. The van der Waals surface area contributed by atoms with Gasteiger partial charge in [0.2, 0.25) is 0 Å². The zero-order valence-electron chi connectivity index (χ0n) is 10.2. The summed E-state index contributed by atoms with van der Waals surface area (Å²) in [6.45, 7) is 0. The van der Waals surface area contributed by atoms with Gasteiger partial charge in [0.15, 0.2) is 0 Å². The molecule has 20 heavy (non-hydrogen) atoms. The van der Waals surface area contributed by atoms with Gasteiger partial charge in [0, 0.05) is 24.1 Å². The van der Waals surface area contributed by atoms with E-state index in [1.165, 1.54) is 23.9 Å². The lowest BCUT2D eigenvalue weighted by atomic mass is 10.2. The summed E-state index contributed by atoms with van der Waals surface area (Å²) < 4.78 is 0. The van der Waals surface area contributed by atoms with Crippen LogP contribution in [0.25, 0.3) is 0 Å². The number of pyridine rings is 1. The summed E-state index contributed by atoms with van der Waals surface area (Å²) in [7, 11) is 0. The van der Waals surface area contributed by atoms with Gasteiger partial charge in [-0.3, -0.25) is 16.0 Å². The Morgan fingerprint density at radius 1 is 1.40 bits per heavy atom. The van der Waals surface area contributed by atoms with Crippen LogP contribution < -0.4 is 11.3 Å².